The van der Waals surface area contributed by atoms with Crippen molar-refractivity contribution in [2.45, 2.75) is 6.54 Å². The van der Waals surface area contributed by atoms with E-state index in [0.29, 0.717) is 6.54 Å². The Bertz CT molecular complexity index is 1210. The number of hydrogen-bond acceptors (Lipinski definition) is 5. The summed E-state index contributed by atoms with van der Waals surface area (Å²) in [4.78, 5) is 13.9. The molecular weight excluding hydrogens is 420 g/mol. The summed E-state index contributed by atoms with van der Waals surface area (Å²) in [5.74, 6) is 0.958. The number of rotatable bonds is 6. The van der Waals surface area contributed by atoms with E-state index < -0.39 is 0 Å². The van der Waals surface area contributed by atoms with Crippen LogP contribution in [0.5, 0.6) is 0 Å². The SMILES string of the molecule is Clc1ccccc1Cn1ncc2c(N3CCN(C/C=C/c4ccccc4)CC3)ncnc21. The van der Waals surface area contributed by atoms with Crippen molar-refractivity contribution < 1.29 is 0 Å². The molecule has 5 rings (SSSR count). The van der Waals surface area contributed by atoms with Crippen molar-refractivity contribution in [2.75, 3.05) is 37.6 Å². The lowest BCUT2D eigenvalue weighted by molar-refractivity contribution is 0.284. The summed E-state index contributed by atoms with van der Waals surface area (Å²) >= 11 is 6.34. The summed E-state index contributed by atoms with van der Waals surface area (Å²) in [6.07, 6.45) is 7.94. The number of hydrogen-bond donors (Lipinski definition) is 0. The first kappa shape index (κ1) is 20.7. The van der Waals surface area contributed by atoms with E-state index in [0.717, 1.165) is 60.2 Å². The molecule has 4 aromatic rings. The van der Waals surface area contributed by atoms with Gasteiger partial charge in [0, 0.05) is 37.7 Å². The van der Waals surface area contributed by atoms with Crippen molar-refractivity contribution in [3.05, 3.63) is 89.3 Å². The predicted octanol–water partition coefficient (Wildman–Crippen LogP) is 4.36. The third-order valence-electron chi connectivity index (χ3n) is 5.84. The van der Waals surface area contributed by atoms with Crippen molar-refractivity contribution in [3.63, 3.8) is 0 Å². The minimum atomic E-state index is 0.584. The molecule has 2 aromatic heterocycles. The fourth-order valence-corrected chi connectivity index (χ4v) is 4.28. The average molecular weight is 445 g/mol. The van der Waals surface area contributed by atoms with Crippen LogP contribution in [0.3, 0.4) is 0 Å². The van der Waals surface area contributed by atoms with Crippen LogP contribution in [0.1, 0.15) is 11.1 Å². The normalized spacial score (nSPS) is 15.1. The maximum absolute atomic E-state index is 6.34. The molecule has 1 saturated heterocycles. The lowest BCUT2D eigenvalue weighted by Gasteiger charge is -2.35. The summed E-state index contributed by atoms with van der Waals surface area (Å²) in [5.41, 5.74) is 3.10. The van der Waals surface area contributed by atoms with Crippen LogP contribution < -0.4 is 4.90 Å². The highest BCUT2D eigenvalue weighted by Gasteiger charge is 2.21. The Labute approximate surface area is 192 Å². The zero-order valence-electron chi connectivity index (χ0n) is 17.8. The third-order valence-corrected chi connectivity index (χ3v) is 6.20. The minimum Gasteiger partial charge on any atom is -0.353 e. The van der Waals surface area contributed by atoms with Gasteiger partial charge in [-0.2, -0.15) is 5.10 Å². The van der Waals surface area contributed by atoms with Crippen molar-refractivity contribution in [1.82, 2.24) is 24.6 Å². The Balaban J connectivity index is 1.25. The number of nitrogens with zero attached hydrogens (tertiary/aromatic N) is 6. The van der Waals surface area contributed by atoms with Crippen LogP contribution in [0.25, 0.3) is 17.1 Å². The van der Waals surface area contributed by atoms with Crippen LogP contribution in [0.4, 0.5) is 5.82 Å². The lowest BCUT2D eigenvalue weighted by Crippen LogP contribution is -2.46. The van der Waals surface area contributed by atoms with Crippen LogP contribution in [0, 0.1) is 0 Å². The van der Waals surface area contributed by atoms with Crippen molar-refractivity contribution in [2.24, 2.45) is 0 Å². The van der Waals surface area contributed by atoms with Gasteiger partial charge in [-0.15, -0.1) is 0 Å². The summed E-state index contributed by atoms with van der Waals surface area (Å²) in [7, 11) is 0. The van der Waals surface area contributed by atoms with E-state index >= 15 is 0 Å². The zero-order valence-corrected chi connectivity index (χ0v) is 18.6. The smallest absolute Gasteiger partial charge is 0.163 e. The molecule has 1 aliphatic heterocycles. The maximum atomic E-state index is 6.34. The zero-order chi connectivity index (χ0) is 21.8. The van der Waals surface area contributed by atoms with Gasteiger partial charge in [0.1, 0.15) is 12.1 Å². The van der Waals surface area contributed by atoms with E-state index in [2.05, 4.69) is 61.3 Å². The quantitative estimate of drug-likeness (QED) is 0.442. The Morgan fingerprint density at radius 1 is 0.906 bits per heavy atom. The molecule has 0 saturated carbocycles. The van der Waals surface area contributed by atoms with E-state index in [-0.39, 0.29) is 0 Å². The minimum absolute atomic E-state index is 0.584. The molecule has 1 aliphatic rings. The van der Waals surface area contributed by atoms with Crippen LogP contribution >= 0.6 is 11.6 Å². The first-order chi connectivity index (χ1) is 15.8. The summed E-state index contributed by atoms with van der Waals surface area (Å²) in [6.45, 7) is 5.40. The number of benzene rings is 2. The molecule has 7 heteroatoms. The van der Waals surface area contributed by atoms with Crippen LogP contribution in [-0.2, 0) is 6.54 Å². The highest BCUT2D eigenvalue weighted by Crippen LogP contribution is 2.25. The number of fused-ring (bicyclic) bond motifs is 1. The molecule has 162 valence electrons. The molecular formula is C25H25ClN6. The highest BCUT2D eigenvalue weighted by molar-refractivity contribution is 6.31. The molecule has 0 spiro atoms. The van der Waals surface area contributed by atoms with Crippen molar-refractivity contribution >= 4 is 34.5 Å². The summed E-state index contributed by atoms with van der Waals surface area (Å²) in [6, 6.07) is 18.3. The average Bonchev–Trinajstić information content (AvgIpc) is 3.25. The molecule has 0 bridgehead atoms. The van der Waals surface area contributed by atoms with E-state index in [1.165, 1.54) is 5.56 Å². The number of aromatic nitrogens is 4. The number of anilines is 1. The van der Waals surface area contributed by atoms with E-state index in [4.69, 9.17) is 11.6 Å². The summed E-state index contributed by atoms with van der Waals surface area (Å²) in [5, 5.41) is 6.30. The van der Waals surface area contributed by atoms with Crippen LogP contribution in [-0.4, -0.2) is 57.4 Å². The molecule has 32 heavy (non-hydrogen) atoms. The van der Waals surface area contributed by atoms with Gasteiger partial charge in [-0.05, 0) is 17.2 Å². The van der Waals surface area contributed by atoms with Crippen molar-refractivity contribution in [1.29, 1.82) is 0 Å². The van der Waals surface area contributed by atoms with E-state index in [1.54, 1.807) is 6.33 Å². The second-order valence-electron chi connectivity index (χ2n) is 7.93. The van der Waals surface area contributed by atoms with E-state index in [9.17, 15) is 0 Å². The standard InChI is InChI=1S/C25H25ClN6/c26-23-11-5-4-10-21(23)18-32-25-22(17-29-32)24(27-19-28-25)31-15-13-30(14-16-31)12-6-9-20-7-2-1-3-8-20/h1-11,17,19H,12-16,18H2/b9-6+. The topological polar surface area (TPSA) is 50.1 Å². The van der Waals surface area contributed by atoms with Gasteiger partial charge in [0.25, 0.3) is 0 Å². The summed E-state index contributed by atoms with van der Waals surface area (Å²) < 4.78 is 1.90. The van der Waals surface area contributed by atoms with Gasteiger partial charge in [-0.1, -0.05) is 72.3 Å². The molecule has 0 aliphatic carbocycles. The molecule has 0 N–H and O–H groups in total. The fraction of sp³-hybridized carbons (Fsp3) is 0.240. The van der Waals surface area contributed by atoms with Crippen molar-refractivity contribution in [3.8, 4) is 0 Å². The van der Waals surface area contributed by atoms with Gasteiger partial charge < -0.3 is 4.90 Å². The molecule has 0 unspecified atom stereocenters. The van der Waals surface area contributed by atoms with Crippen LogP contribution in [0.2, 0.25) is 5.02 Å². The number of piperazine rings is 1. The molecule has 0 amide bonds. The van der Waals surface area contributed by atoms with Gasteiger partial charge in [0.2, 0.25) is 0 Å². The molecule has 0 atom stereocenters. The Kier molecular flexibility index (Phi) is 6.14. The van der Waals surface area contributed by atoms with Gasteiger partial charge >= 0.3 is 0 Å². The molecule has 2 aromatic carbocycles. The second kappa shape index (κ2) is 9.51. The van der Waals surface area contributed by atoms with Gasteiger partial charge in [0.15, 0.2) is 5.65 Å². The van der Waals surface area contributed by atoms with Gasteiger partial charge in [-0.3, -0.25) is 4.90 Å². The largest absolute Gasteiger partial charge is 0.353 e. The first-order valence-electron chi connectivity index (χ1n) is 10.9. The van der Waals surface area contributed by atoms with Gasteiger partial charge in [-0.25, -0.2) is 14.6 Å². The lowest BCUT2D eigenvalue weighted by atomic mass is 10.2. The maximum Gasteiger partial charge on any atom is 0.163 e. The number of halogens is 1. The Morgan fingerprint density at radius 2 is 1.69 bits per heavy atom. The first-order valence-corrected chi connectivity index (χ1v) is 11.2. The third kappa shape index (κ3) is 4.52. The molecule has 1 fully saturated rings. The predicted molar refractivity (Wildman–Crippen MR) is 130 cm³/mol. The van der Waals surface area contributed by atoms with Gasteiger partial charge in [0.05, 0.1) is 18.1 Å². The molecule has 0 radical (unpaired) electrons. The fourth-order valence-electron chi connectivity index (χ4n) is 4.08. The Hall–Kier alpha value is -3.22. The second-order valence-corrected chi connectivity index (χ2v) is 8.34. The monoisotopic (exact) mass is 444 g/mol. The van der Waals surface area contributed by atoms with Crippen LogP contribution in [0.15, 0.2) is 73.2 Å². The Morgan fingerprint density at radius 3 is 2.50 bits per heavy atom. The molecule has 3 heterocycles. The highest BCUT2D eigenvalue weighted by atomic mass is 35.5. The molecule has 6 nitrogen and oxygen atoms in total. The van der Waals surface area contributed by atoms with E-state index in [1.807, 2.05) is 41.2 Å².